The number of amides is 1. The Bertz CT molecular complexity index is 579. The first-order valence-corrected chi connectivity index (χ1v) is 5.67. The molecule has 2 aromatic rings. The maximum atomic E-state index is 11.2. The number of carbonyl (C=O) groups is 1. The summed E-state index contributed by atoms with van der Waals surface area (Å²) < 4.78 is 0. The van der Waals surface area contributed by atoms with E-state index in [1.807, 2.05) is 37.3 Å². The zero-order chi connectivity index (χ0) is 13.1. The van der Waals surface area contributed by atoms with Gasteiger partial charge in [-0.05, 0) is 30.5 Å². The molecule has 4 nitrogen and oxygen atoms in total. The van der Waals surface area contributed by atoms with Crippen LogP contribution in [0.25, 0.3) is 0 Å². The van der Waals surface area contributed by atoms with Crippen molar-refractivity contribution >= 4 is 11.7 Å². The van der Waals surface area contributed by atoms with Crippen LogP contribution in [0.5, 0.6) is 0 Å². The molecule has 0 aliphatic carbocycles. The molecule has 0 saturated carbocycles. The highest BCUT2D eigenvalue weighted by Crippen LogP contribution is 2.17. The van der Waals surface area contributed by atoms with Crippen molar-refractivity contribution in [1.29, 1.82) is 0 Å². The summed E-state index contributed by atoms with van der Waals surface area (Å²) in [5.41, 5.74) is 14.2. The van der Waals surface area contributed by atoms with E-state index in [4.69, 9.17) is 11.5 Å². The minimum absolute atomic E-state index is 0.191. The number of aromatic nitrogens is 1. The lowest BCUT2D eigenvalue weighted by Crippen LogP contribution is -2.16. The van der Waals surface area contributed by atoms with Gasteiger partial charge in [0, 0.05) is 5.69 Å². The van der Waals surface area contributed by atoms with Crippen molar-refractivity contribution in [2.45, 2.75) is 13.3 Å². The molecule has 92 valence electrons. The van der Waals surface area contributed by atoms with Crippen molar-refractivity contribution in [3.63, 3.8) is 0 Å². The number of carbonyl (C=O) groups excluding carboxylic acids is 1. The molecule has 0 aliphatic heterocycles. The number of anilines is 1. The number of hydrogen-bond donors (Lipinski definition) is 2. The molecule has 1 aromatic heterocycles. The first kappa shape index (κ1) is 12.1. The second kappa shape index (κ2) is 4.87. The quantitative estimate of drug-likeness (QED) is 0.857. The Morgan fingerprint density at radius 3 is 2.56 bits per heavy atom. The summed E-state index contributed by atoms with van der Waals surface area (Å²) in [7, 11) is 0. The molecular weight excluding hydrogens is 226 g/mol. The zero-order valence-corrected chi connectivity index (χ0v) is 10.2. The first-order valence-electron chi connectivity index (χ1n) is 5.67. The molecule has 0 bridgehead atoms. The number of nitrogen functional groups attached to an aromatic ring is 1. The van der Waals surface area contributed by atoms with Crippen molar-refractivity contribution in [2.75, 3.05) is 5.73 Å². The molecule has 2 rings (SSSR count). The minimum atomic E-state index is -0.547. The molecule has 1 aromatic carbocycles. The number of rotatable bonds is 3. The third-order valence-electron chi connectivity index (χ3n) is 2.85. The largest absolute Gasteiger partial charge is 0.383 e. The lowest BCUT2D eigenvalue weighted by molar-refractivity contribution is 0.100. The van der Waals surface area contributed by atoms with Gasteiger partial charge >= 0.3 is 0 Å². The second-order valence-electron chi connectivity index (χ2n) is 4.19. The number of benzene rings is 1. The van der Waals surface area contributed by atoms with Crippen molar-refractivity contribution < 1.29 is 4.79 Å². The first-order chi connectivity index (χ1) is 8.58. The average Bonchev–Trinajstić information content (AvgIpc) is 2.33. The van der Waals surface area contributed by atoms with Crippen LogP contribution < -0.4 is 11.5 Å². The van der Waals surface area contributed by atoms with Gasteiger partial charge in [0.15, 0.2) is 0 Å². The van der Waals surface area contributed by atoms with Gasteiger partial charge in [-0.25, -0.2) is 4.98 Å². The lowest BCUT2D eigenvalue weighted by atomic mass is 10.0. The Kier molecular flexibility index (Phi) is 3.28. The second-order valence-corrected chi connectivity index (χ2v) is 4.19. The molecule has 0 unspecified atom stereocenters. The third-order valence-corrected chi connectivity index (χ3v) is 2.85. The van der Waals surface area contributed by atoms with Crippen LogP contribution in [0.4, 0.5) is 5.82 Å². The Balaban J connectivity index is 2.39. The number of hydrogen-bond acceptors (Lipinski definition) is 3. The summed E-state index contributed by atoms with van der Waals surface area (Å²) in [4.78, 5) is 15.4. The van der Waals surface area contributed by atoms with Crippen molar-refractivity contribution in [3.8, 4) is 0 Å². The van der Waals surface area contributed by atoms with Gasteiger partial charge in [0.1, 0.15) is 5.82 Å². The van der Waals surface area contributed by atoms with Crippen LogP contribution in [-0.4, -0.2) is 10.9 Å². The molecule has 0 radical (unpaired) electrons. The molecule has 0 fully saturated rings. The Morgan fingerprint density at radius 1 is 1.28 bits per heavy atom. The van der Waals surface area contributed by atoms with Gasteiger partial charge in [0.2, 0.25) is 0 Å². The maximum Gasteiger partial charge on any atom is 0.252 e. The van der Waals surface area contributed by atoms with Crippen LogP contribution in [0.1, 0.15) is 27.2 Å². The molecule has 4 heteroatoms. The van der Waals surface area contributed by atoms with Crippen LogP contribution in [0, 0.1) is 6.92 Å². The summed E-state index contributed by atoms with van der Waals surface area (Å²) in [5, 5.41) is 0. The SMILES string of the molecule is Cc1nc(N)c(C(N)=O)cc1Cc1ccccc1. The summed E-state index contributed by atoms with van der Waals surface area (Å²) in [6, 6.07) is 11.7. The Morgan fingerprint density at radius 2 is 1.94 bits per heavy atom. The minimum Gasteiger partial charge on any atom is -0.383 e. The lowest BCUT2D eigenvalue weighted by Gasteiger charge is -2.09. The number of aryl methyl sites for hydroxylation is 1. The number of nitrogens with two attached hydrogens (primary N) is 2. The summed E-state index contributed by atoms with van der Waals surface area (Å²) in [6.07, 6.45) is 0.709. The van der Waals surface area contributed by atoms with E-state index in [0.717, 1.165) is 16.8 Å². The third kappa shape index (κ3) is 2.48. The molecule has 4 N–H and O–H groups in total. The van der Waals surface area contributed by atoms with Crippen molar-refractivity contribution in [3.05, 3.63) is 58.8 Å². The van der Waals surface area contributed by atoms with Crippen molar-refractivity contribution in [1.82, 2.24) is 4.98 Å². The van der Waals surface area contributed by atoms with E-state index in [1.165, 1.54) is 0 Å². The van der Waals surface area contributed by atoms with Gasteiger partial charge in [-0.2, -0.15) is 0 Å². The maximum absolute atomic E-state index is 11.2. The fourth-order valence-corrected chi connectivity index (χ4v) is 1.86. The molecule has 18 heavy (non-hydrogen) atoms. The van der Waals surface area contributed by atoms with Gasteiger partial charge in [-0.3, -0.25) is 4.79 Å². The number of pyridine rings is 1. The smallest absolute Gasteiger partial charge is 0.252 e. The summed E-state index contributed by atoms with van der Waals surface area (Å²) in [5.74, 6) is -0.355. The van der Waals surface area contributed by atoms with E-state index in [1.54, 1.807) is 6.07 Å². The van der Waals surface area contributed by atoms with E-state index in [9.17, 15) is 4.79 Å². The highest BCUT2D eigenvalue weighted by atomic mass is 16.1. The zero-order valence-electron chi connectivity index (χ0n) is 10.2. The van der Waals surface area contributed by atoms with E-state index in [-0.39, 0.29) is 11.4 Å². The van der Waals surface area contributed by atoms with Crippen LogP contribution in [0.2, 0.25) is 0 Å². The van der Waals surface area contributed by atoms with Crippen LogP contribution in [-0.2, 0) is 6.42 Å². The Labute approximate surface area is 106 Å². The topological polar surface area (TPSA) is 82.0 Å². The van der Waals surface area contributed by atoms with Crippen LogP contribution in [0.3, 0.4) is 0 Å². The van der Waals surface area contributed by atoms with Crippen molar-refractivity contribution in [2.24, 2.45) is 5.73 Å². The van der Waals surface area contributed by atoms with Gasteiger partial charge < -0.3 is 11.5 Å². The number of nitrogens with zero attached hydrogens (tertiary/aromatic N) is 1. The van der Waals surface area contributed by atoms with Gasteiger partial charge in [-0.1, -0.05) is 30.3 Å². The summed E-state index contributed by atoms with van der Waals surface area (Å²) in [6.45, 7) is 1.87. The standard InChI is InChI=1S/C14H15N3O/c1-9-11(7-10-5-3-2-4-6-10)8-12(14(16)18)13(15)17-9/h2-6,8H,7H2,1H3,(H2,15,17)(H2,16,18). The molecule has 1 heterocycles. The molecule has 1 amide bonds. The summed E-state index contributed by atoms with van der Waals surface area (Å²) >= 11 is 0. The van der Waals surface area contributed by atoms with E-state index < -0.39 is 5.91 Å². The van der Waals surface area contributed by atoms with E-state index >= 15 is 0 Å². The van der Waals surface area contributed by atoms with Crippen LogP contribution in [0.15, 0.2) is 36.4 Å². The molecular formula is C14H15N3O. The van der Waals surface area contributed by atoms with Gasteiger partial charge in [0.05, 0.1) is 5.56 Å². The predicted octanol–water partition coefficient (Wildman–Crippen LogP) is 1.66. The van der Waals surface area contributed by atoms with E-state index in [2.05, 4.69) is 4.98 Å². The highest BCUT2D eigenvalue weighted by Gasteiger charge is 2.11. The normalized spacial score (nSPS) is 10.3. The number of primary amides is 1. The fraction of sp³-hybridized carbons (Fsp3) is 0.143. The molecule has 0 atom stereocenters. The van der Waals surface area contributed by atoms with Gasteiger partial charge in [-0.15, -0.1) is 0 Å². The highest BCUT2D eigenvalue weighted by molar-refractivity contribution is 5.97. The molecule has 0 aliphatic rings. The predicted molar refractivity (Wildman–Crippen MR) is 71.2 cm³/mol. The Hall–Kier alpha value is -2.36. The molecule has 0 spiro atoms. The fourth-order valence-electron chi connectivity index (χ4n) is 1.86. The monoisotopic (exact) mass is 241 g/mol. The average molecular weight is 241 g/mol. The molecule has 0 saturated heterocycles. The van der Waals surface area contributed by atoms with Crippen LogP contribution >= 0.6 is 0 Å². The van der Waals surface area contributed by atoms with Gasteiger partial charge in [0.25, 0.3) is 5.91 Å². The van der Waals surface area contributed by atoms with E-state index in [0.29, 0.717) is 6.42 Å².